The van der Waals surface area contributed by atoms with Crippen molar-refractivity contribution in [2.45, 2.75) is 63.0 Å². The summed E-state index contributed by atoms with van der Waals surface area (Å²) in [5.41, 5.74) is 3.41. The van der Waals surface area contributed by atoms with Crippen LogP contribution in [0, 0.1) is 5.92 Å². The van der Waals surface area contributed by atoms with Gasteiger partial charge in [0, 0.05) is 48.3 Å². The van der Waals surface area contributed by atoms with Gasteiger partial charge in [-0.3, -0.25) is 4.90 Å². The summed E-state index contributed by atoms with van der Waals surface area (Å²) in [6.07, 6.45) is 7.52. The van der Waals surface area contributed by atoms with Gasteiger partial charge in [0.05, 0.1) is 18.8 Å². The van der Waals surface area contributed by atoms with Crippen molar-refractivity contribution in [1.82, 2.24) is 20.4 Å². The summed E-state index contributed by atoms with van der Waals surface area (Å²) >= 11 is 2.90. The minimum Gasteiger partial charge on any atom is -0.459 e. The fourth-order valence-corrected chi connectivity index (χ4v) is 6.37. The van der Waals surface area contributed by atoms with E-state index in [0.717, 1.165) is 44.7 Å². The number of rotatable bonds is 6. The third-order valence-electron chi connectivity index (χ3n) is 8.32. The van der Waals surface area contributed by atoms with Gasteiger partial charge < -0.3 is 23.9 Å². The maximum Gasteiger partial charge on any atom is 0.396 e. The highest BCUT2D eigenvalue weighted by Crippen LogP contribution is 2.37. The van der Waals surface area contributed by atoms with Crippen LogP contribution in [0.25, 0.3) is 0 Å². The van der Waals surface area contributed by atoms with Crippen molar-refractivity contribution in [2.75, 3.05) is 52.6 Å². The average Bonchev–Trinajstić information content (AvgIpc) is 3.58. The predicted molar refractivity (Wildman–Crippen MR) is 145 cm³/mol. The molecule has 4 fully saturated rings. The summed E-state index contributed by atoms with van der Waals surface area (Å²) in [5.74, 6) is 0.797. The Kier molecular flexibility index (Phi) is 9.48. The molecule has 208 valence electrons. The van der Waals surface area contributed by atoms with Gasteiger partial charge in [0.2, 0.25) is 0 Å². The SMILES string of the molecule is CCOC(=O)c1nnc(Br)o1.c1ccc(C2CCN([C@@H]3COC4(CNC4)C3)CC2)c(CC2CCOCC2)c1. The lowest BCUT2D eigenvalue weighted by molar-refractivity contribution is -0.0367. The molecular formula is C28H39BrN4O5. The topological polar surface area (TPSA) is 99.0 Å². The molecule has 9 nitrogen and oxygen atoms in total. The zero-order valence-electron chi connectivity index (χ0n) is 22.2. The van der Waals surface area contributed by atoms with E-state index in [-0.39, 0.29) is 16.3 Å². The average molecular weight is 592 g/mol. The van der Waals surface area contributed by atoms with Crippen LogP contribution in [0.15, 0.2) is 33.5 Å². The highest BCUT2D eigenvalue weighted by Gasteiger charge is 2.47. The fraction of sp³-hybridized carbons (Fsp3) is 0.679. The molecule has 1 aromatic heterocycles. The zero-order valence-corrected chi connectivity index (χ0v) is 23.8. The van der Waals surface area contributed by atoms with Gasteiger partial charge in [-0.05, 0) is 81.5 Å². The summed E-state index contributed by atoms with van der Waals surface area (Å²) in [6.45, 7) is 9.40. The molecule has 4 aliphatic heterocycles. The molecular weight excluding hydrogens is 552 g/mol. The summed E-state index contributed by atoms with van der Waals surface area (Å²) in [5, 5.41) is 10.2. The first-order valence-corrected chi connectivity index (χ1v) is 14.7. The fourth-order valence-electron chi connectivity index (χ4n) is 6.14. The molecule has 6 rings (SSSR count). The van der Waals surface area contributed by atoms with Gasteiger partial charge in [-0.2, -0.15) is 0 Å². The number of piperidine rings is 1. The Hall–Kier alpha value is -1.85. The number of hydrogen-bond donors (Lipinski definition) is 1. The number of halogens is 1. The normalized spacial score (nSPS) is 24.0. The summed E-state index contributed by atoms with van der Waals surface area (Å²) in [6, 6.07) is 9.91. The molecule has 0 saturated carbocycles. The van der Waals surface area contributed by atoms with Gasteiger partial charge in [-0.25, -0.2) is 4.79 Å². The van der Waals surface area contributed by atoms with E-state index < -0.39 is 5.97 Å². The van der Waals surface area contributed by atoms with Gasteiger partial charge in [0.25, 0.3) is 4.80 Å². The Morgan fingerprint density at radius 2 is 1.92 bits per heavy atom. The molecule has 4 saturated heterocycles. The molecule has 38 heavy (non-hydrogen) atoms. The minimum atomic E-state index is -0.606. The maximum absolute atomic E-state index is 10.8. The van der Waals surface area contributed by atoms with Gasteiger partial charge in [0.1, 0.15) is 0 Å². The lowest BCUT2D eigenvalue weighted by atomic mass is 9.82. The standard InChI is InChI=1S/C23H34N2O2.C5H5BrN2O3/c1-2-4-22(20(3-1)13-18-7-11-26-12-8-18)19-5-9-25(10-6-19)21-14-23(27-15-21)16-24-17-23;1-2-10-4(9)3-7-8-5(6)11-3/h1-4,18-19,21,24H,5-17H2;2H2,1H3/t21-;/m0./s1. The maximum atomic E-state index is 10.8. The van der Waals surface area contributed by atoms with Crippen LogP contribution in [-0.2, 0) is 20.6 Å². The second-order valence-corrected chi connectivity index (χ2v) is 11.5. The molecule has 0 amide bonds. The highest BCUT2D eigenvalue weighted by molar-refractivity contribution is 9.10. The molecule has 1 aromatic carbocycles. The number of ether oxygens (including phenoxy) is 3. The monoisotopic (exact) mass is 590 g/mol. The van der Waals surface area contributed by atoms with Crippen LogP contribution >= 0.6 is 15.9 Å². The zero-order chi connectivity index (χ0) is 26.4. The third-order valence-corrected chi connectivity index (χ3v) is 8.65. The number of esters is 1. The van der Waals surface area contributed by atoms with Crippen molar-refractivity contribution in [3.05, 3.63) is 46.1 Å². The van der Waals surface area contributed by atoms with Gasteiger partial charge >= 0.3 is 11.9 Å². The first-order valence-electron chi connectivity index (χ1n) is 14.0. The van der Waals surface area contributed by atoms with Crippen LogP contribution < -0.4 is 5.32 Å². The van der Waals surface area contributed by atoms with Crippen LogP contribution in [0.3, 0.4) is 0 Å². The summed E-state index contributed by atoms with van der Waals surface area (Å²) in [4.78, 5) is 13.7. The van der Waals surface area contributed by atoms with Gasteiger partial charge in [0.15, 0.2) is 0 Å². The molecule has 0 bridgehead atoms. The van der Waals surface area contributed by atoms with Crippen LogP contribution in [0.4, 0.5) is 0 Å². The molecule has 4 aliphatic rings. The van der Waals surface area contributed by atoms with Gasteiger partial charge in [-0.15, -0.1) is 5.10 Å². The number of aromatic nitrogens is 2. The van der Waals surface area contributed by atoms with Crippen LogP contribution in [-0.4, -0.2) is 85.3 Å². The van der Waals surface area contributed by atoms with Crippen molar-refractivity contribution < 1.29 is 23.4 Å². The van der Waals surface area contributed by atoms with Crippen LogP contribution in [0.2, 0.25) is 0 Å². The van der Waals surface area contributed by atoms with Gasteiger partial charge in [-0.1, -0.05) is 29.4 Å². The number of benzene rings is 1. The summed E-state index contributed by atoms with van der Waals surface area (Å²) < 4.78 is 21.0. The number of nitrogens with zero attached hydrogens (tertiary/aromatic N) is 3. The van der Waals surface area contributed by atoms with E-state index in [9.17, 15) is 4.79 Å². The number of carbonyl (C=O) groups excluding carboxylic acids is 1. The number of nitrogens with one attached hydrogen (secondary N) is 1. The first kappa shape index (κ1) is 27.7. The lowest BCUT2D eigenvalue weighted by Crippen LogP contribution is -2.59. The Balaban J connectivity index is 0.000000226. The second kappa shape index (κ2) is 13.0. The molecule has 1 atom stereocenters. The number of likely N-dealkylation sites (tertiary alicyclic amines) is 1. The Labute approximate surface area is 233 Å². The smallest absolute Gasteiger partial charge is 0.396 e. The first-order chi connectivity index (χ1) is 18.5. The van der Waals surface area contributed by atoms with Crippen molar-refractivity contribution in [3.8, 4) is 0 Å². The summed E-state index contributed by atoms with van der Waals surface area (Å²) in [7, 11) is 0. The van der Waals surface area contributed by atoms with E-state index in [1.54, 1.807) is 18.1 Å². The third kappa shape index (κ3) is 6.83. The Bertz CT molecular complexity index is 1050. The molecule has 0 unspecified atom stereocenters. The quantitative estimate of drug-likeness (QED) is 0.501. The molecule has 0 aliphatic carbocycles. The number of hydrogen-bond acceptors (Lipinski definition) is 9. The van der Waals surface area contributed by atoms with Crippen molar-refractivity contribution in [3.63, 3.8) is 0 Å². The molecule has 5 heterocycles. The Morgan fingerprint density at radius 3 is 2.55 bits per heavy atom. The van der Waals surface area contributed by atoms with Crippen LogP contribution in [0.5, 0.6) is 0 Å². The van der Waals surface area contributed by atoms with Crippen LogP contribution in [0.1, 0.15) is 66.8 Å². The second-order valence-electron chi connectivity index (χ2n) is 10.8. The van der Waals surface area contributed by atoms with Crippen molar-refractivity contribution >= 4 is 21.9 Å². The van der Waals surface area contributed by atoms with E-state index in [4.69, 9.17) is 13.9 Å². The highest BCUT2D eigenvalue weighted by atomic mass is 79.9. The van der Waals surface area contributed by atoms with E-state index >= 15 is 0 Å². The molecule has 1 spiro atoms. The van der Waals surface area contributed by atoms with Crippen molar-refractivity contribution in [1.29, 1.82) is 0 Å². The number of carbonyl (C=O) groups is 1. The minimum absolute atomic E-state index is 0.140. The van der Waals surface area contributed by atoms with Crippen molar-refractivity contribution in [2.24, 2.45) is 5.92 Å². The lowest BCUT2D eigenvalue weighted by Gasteiger charge is -2.40. The van der Waals surface area contributed by atoms with E-state index in [1.165, 1.54) is 51.6 Å². The largest absolute Gasteiger partial charge is 0.459 e. The Morgan fingerprint density at radius 1 is 1.16 bits per heavy atom. The predicted octanol–water partition coefficient (Wildman–Crippen LogP) is 3.97. The molecule has 10 heteroatoms. The molecule has 1 N–H and O–H groups in total. The molecule has 2 aromatic rings. The van der Waals surface area contributed by atoms with E-state index in [1.807, 2.05) is 0 Å². The van der Waals surface area contributed by atoms with E-state index in [2.05, 4.69) is 65.3 Å². The van der Waals surface area contributed by atoms with E-state index in [0.29, 0.717) is 12.6 Å². The molecule has 0 radical (unpaired) electrons.